The lowest BCUT2D eigenvalue weighted by molar-refractivity contribution is -0.121. The number of rotatable bonds is 1. The molecule has 1 aliphatic carbocycles. The van der Waals surface area contributed by atoms with Gasteiger partial charge < -0.3 is 11.1 Å². The molecule has 0 aromatic carbocycles. The summed E-state index contributed by atoms with van der Waals surface area (Å²) in [6.45, 7) is 0.966. The number of primary amides is 1. The Balaban J connectivity index is 1.98. The minimum atomic E-state index is -0.184. The first-order chi connectivity index (χ1) is 5.22. The molecule has 1 aliphatic heterocycles. The summed E-state index contributed by atoms with van der Waals surface area (Å²) in [5.41, 5.74) is 5.73. The van der Waals surface area contributed by atoms with E-state index >= 15 is 0 Å². The van der Waals surface area contributed by atoms with Crippen LogP contribution in [-0.2, 0) is 4.79 Å². The molecule has 0 aromatic rings. The first-order valence-electron chi connectivity index (χ1n) is 4.25. The molecule has 0 aromatic heterocycles. The number of nitrogens with one attached hydrogen (secondary N) is 1. The highest BCUT2D eigenvalue weighted by Gasteiger charge is 2.46. The second-order valence-electron chi connectivity index (χ2n) is 3.86. The fourth-order valence-electron chi connectivity index (χ4n) is 1.95. The van der Waals surface area contributed by atoms with Gasteiger partial charge in [0.2, 0.25) is 5.91 Å². The Bertz CT molecular complexity index is 187. The Labute approximate surface area is 66.3 Å². The van der Waals surface area contributed by atoms with E-state index in [1.54, 1.807) is 0 Å². The lowest BCUT2D eigenvalue weighted by Crippen LogP contribution is -2.47. The Morgan fingerprint density at radius 2 is 2.18 bits per heavy atom. The Hall–Kier alpha value is -0.570. The largest absolute Gasteiger partial charge is 0.368 e. The highest BCUT2D eigenvalue weighted by atomic mass is 16.1. The summed E-state index contributed by atoms with van der Waals surface area (Å²) in [7, 11) is 0. The zero-order valence-corrected chi connectivity index (χ0v) is 6.60. The van der Waals surface area contributed by atoms with Crippen LogP contribution in [0.15, 0.2) is 0 Å². The van der Waals surface area contributed by atoms with Crippen molar-refractivity contribution in [3.8, 4) is 0 Å². The van der Waals surface area contributed by atoms with Crippen molar-refractivity contribution >= 4 is 5.91 Å². The Kier molecular flexibility index (Phi) is 1.42. The van der Waals surface area contributed by atoms with Crippen molar-refractivity contribution in [1.82, 2.24) is 5.32 Å². The normalized spacial score (nSPS) is 33.6. The minimum absolute atomic E-state index is 0.0498. The molecule has 2 rings (SSSR count). The molecular weight excluding hydrogens is 140 g/mol. The first-order valence-corrected chi connectivity index (χ1v) is 4.25. The molecule has 3 heteroatoms. The van der Waals surface area contributed by atoms with Crippen molar-refractivity contribution in [3.05, 3.63) is 0 Å². The number of nitrogens with two attached hydrogens (primary N) is 1. The maximum absolute atomic E-state index is 10.8. The van der Waals surface area contributed by atoms with Gasteiger partial charge in [0.1, 0.15) is 0 Å². The summed E-state index contributed by atoms with van der Waals surface area (Å²) in [4.78, 5) is 10.8. The van der Waals surface area contributed by atoms with Crippen LogP contribution < -0.4 is 11.1 Å². The van der Waals surface area contributed by atoms with Gasteiger partial charge in [0.15, 0.2) is 0 Å². The molecule has 3 nitrogen and oxygen atoms in total. The standard InChI is InChI=1S/C8H14N2O/c9-7(11)6-5-8(1-2-8)3-4-10-6/h6,10H,1-5H2,(H2,9,11)/t6-/m0/s1. The number of piperidine rings is 1. The molecule has 0 radical (unpaired) electrons. The van der Waals surface area contributed by atoms with Gasteiger partial charge in [0.25, 0.3) is 0 Å². The molecule has 0 unspecified atom stereocenters. The van der Waals surface area contributed by atoms with E-state index in [4.69, 9.17) is 5.73 Å². The monoisotopic (exact) mass is 154 g/mol. The van der Waals surface area contributed by atoms with Crippen LogP contribution in [0.5, 0.6) is 0 Å². The molecule has 62 valence electrons. The Morgan fingerprint density at radius 1 is 1.45 bits per heavy atom. The van der Waals surface area contributed by atoms with Crippen LogP contribution in [0.3, 0.4) is 0 Å². The number of carbonyl (C=O) groups is 1. The smallest absolute Gasteiger partial charge is 0.234 e. The molecule has 1 saturated heterocycles. The maximum Gasteiger partial charge on any atom is 0.234 e. The van der Waals surface area contributed by atoms with Crippen LogP contribution in [0.25, 0.3) is 0 Å². The zero-order chi connectivity index (χ0) is 7.90. The number of amides is 1. The van der Waals surface area contributed by atoms with E-state index < -0.39 is 0 Å². The van der Waals surface area contributed by atoms with Gasteiger partial charge in [-0.15, -0.1) is 0 Å². The van der Waals surface area contributed by atoms with Gasteiger partial charge in [-0.3, -0.25) is 4.79 Å². The molecule has 11 heavy (non-hydrogen) atoms. The average Bonchev–Trinajstić information content (AvgIpc) is 2.69. The topological polar surface area (TPSA) is 55.1 Å². The third kappa shape index (κ3) is 1.25. The minimum Gasteiger partial charge on any atom is -0.368 e. The molecule has 1 amide bonds. The van der Waals surface area contributed by atoms with Crippen molar-refractivity contribution in [2.24, 2.45) is 11.1 Å². The second-order valence-corrected chi connectivity index (χ2v) is 3.86. The molecule has 1 atom stereocenters. The van der Waals surface area contributed by atoms with Gasteiger partial charge >= 0.3 is 0 Å². The van der Waals surface area contributed by atoms with Crippen LogP contribution in [0, 0.1) is 5.41 Å². The SMILES string of the molecule is NC(=O)[C@@H]1CC2(CCN1)CC2. The summed E-state index contributed by atoms with van der Waals surface area (Å²) < 4.78 is 0. The fraction of sp³-hybridized carbons (Fsp3) is 0.875. The van der Waals surface area contributed by atoms with E-state index in [2.05, 4.69) is 5.32 Å². The van der Waals surface area contributed by atoms with E-state index in [0.717, 1.165) is 13.0 Å². The van der Waals surface area contributed by atoms with E-state index in [1.807, 2.05) is 0 Å². The molecule has 2 fully saturated rings. The molecule has 1 heterocycles. The summed E-state index contributed by atoms with van der Waals surface area (Å²) in [6, 6.07) is -0.0498. The van der Waals surface area contributed by atoms with Crippen LogP contribution in [-0.4, -0.2) is 18.5 Å². The van der Waals surface area contributed by atoms with Gasteiger partial charge in [0.05, 0.1) is 6.04 Å². The lowest BCUT2D eigenvalue weighted by Gasteiger charge is -2.28. The van der Waals surface area contributed by atoms with Gasteiger partial charge in [-0.25, -0.2) is 0 Å². The highest BCUT2D eigenvalue weighted by molar-refractivity contribution is 5.80. The molecular formula is C8H14N2O. The summed E-state index contributed by atoms with van der Waals surface area (Å²) in [5, 5.41) is 3.14. The summed E-state index contributed by atoms with van der Waals surface area (Å²) in [5.74, 6) is -0.184. The third-order valence-electron chi connectivity index (χ3n) is 2.98. The van der Waals surface area contributed by atoms with E-state index in [0.29, 0.717) is 5.41 Å². The summed E-state index contributed by atoms with van der Waals surface area (Å²) in [6.07, 6.45) is 4.82. The highest BCUT2D eigenvalue weighted by Crippen LogP contribution is 2.53. The van der Waals surface area contributed by atoms with Gasteiger partial charge in [-0.05, 0) is 37.6 Å². The van der Waals surface area contributed by atoms with Crippen LogP contribution in [0.1, 0.15) is 25.7 Å². The second kappa shape index (κ2) is 2.21. The van der Waals surface area contributed by atoms with E-state index in [-0.39, 0.29) is 11.9 Å². The quantitative estimate of drug-likeness (QED) is 0.558. The molecule has 1 saturated carbocycles. The van der Waals surface area contributed by atoms with Crippen LogP contribution >= 0.6 is 0 Å². The molecule has 1 spiro atoms. The van der Waals surface area contributed by atoms with Crippen molar-refractivity contribution in [3.63, 3.8) is 0 Å². The fourth-order valence-corrected chi connectivity index (χ4v) is 1.95. The molecule has 3 N–H and O–H groups in total. The van der Waals surface area contributed by atoms with Crippen LogP contribution in [0.2, 0.25) is 0 Å². The number of carbonyl (C=O) groups excluding carboxylic acids is 1. The predicted molar refractivity (Wildman–Crippen MR) is 41.9 cm³/mol. The predicted octanol–water partition coefficient (Wildman–Crippen LogP) is 0.00390. The van der Waals surface area contributed by atoms with E-state index in [1.165, 1.54) is 19.3 Å². The van der Waals surface area contributed by atoms with Crippen LogP contribution in [0.4, 0.5) is 0 Å². The van der Waals surface area contributed by atoms with E-state index in [9.17, 15) is 4.79 Å². The molecule has 2 aliphatic rings. The Morgan fingerprint density at radius 3 is 2.73 bits per heavy atom. The number of hydrogen-bond acceptors (Lipinski definition) is 2. The van der Waals surface area contributed by atoms with Crippen molar-refractivity contribution in [1.29, 1.82) is 0 Å². The number of hydrogen-bond donors (Lipinski definition) is 2. The van der Waals surface area contributed by atoms with Gasteiger partial charge in [-0.1, -0.05) is 0 Å². The van der Waals surface area contributed by atoms with Crippen molar-refractivity contribution < 1.29 is 4.79 Å². The molecule has 0 bridgehead atoms. The summed E-state index contributed by atoms with van der Waals surface area (Å²) >= 11 is 0. The lowest BCUT2D eigenvalue weighted by atomic mass is 9.89. The maximum atomic E-state index is 10.8. The van der Waals surface area contributed by atoms with Crippen molar-refractivity contribution in [2.45, 2.75) is 31.7 Å². The third-order valence-corrected chi connectivity index (χ3v) is 2.98. The average molecular weight is 154 g/mol. The first kappa shape index (κ1) is 7.10. The van der Waals surface area contributed by atoms with Gasteiger partial charge in [0, 0.05) is 0 Å². The zero-order valence-electron chi connectivity index (χ0n) is 6.60. The van der Waals surface area contributed by atoms with Crippen molar-refractivity contribution in [2.75, 3.05) is 6.54 Å². The van der Waals surface area contributed by atoms with Gasteiger partial charge in [-0.2, -0.15) is 0 Å².